The minimum Gasteiger partial charge on any atom is -0.462 e. The summed E-state index contributed by atoms with van der Waals surface area (Å²) in [5.41, 5.74) is 1.84. The zero-order chi connectivity index (χ0) is 18.6. The molecule has 7 heteroatoms. The fraction of sp³-hybridized carbons (Fsp3) is 0.389. The molecule has 0 saturated heterocycles. The molecule has 0 saturated carbocycles. The second-order valence-electron chi connectivity index (χ2n) is 5.32. The van der Waals surface area contributed by atoms with Crippen molar-refractivity contribution in [1.82, 2.24) is 4.98 Å². The molecule has 0 amide bonds. The van der Waals surface area contributed by atoms with Crippen LogP contribution < -0.4 is 0 Å². The summed E-state index contributed by atoms with van der Waals surface area (Å²) in [4.78, 5) is 28.1. The topological polar surface area (TPSA) is 98.9 Å². The molecule has 7 nitrogen and oxygen atoms in total. The van der Waals surface area contributed by atoms with Crippen molar-refractivity contribution in [1.29, 1.82) is 0 Å². The highest BCUT2D eigenvalue weighted by Crippen LogP contribution is 2.32. The number of carbonyl (C=O) groups is 2. The van der Waals surface area contributed by atoms with Crippen LogP contribution in [0.15, 0.2) is 16.5 Å². The lowest BCUT2D eigenvalue weighted by Crippen LogP contribution is -2.09. The van der Waals surface area contributed by atoms with Crippen LogP contribution in [0.4, 0.5) is 0 Å². The van der Waals surface area contributed by atoms with Gasteiger partial charge in [0, 0.05) is 11.1 Å². The van der Waals surface area contributed by atoms with E-state index in [4.69, 9.17) is 13.9 Å². The first-order valence-electron chi connectivity index (χ1n) is 7.99. The third-order valence-electron chi connectivity index (χ3n) is 3.59. The number of hydrogen-bond acceptors (Lipinski definition) is 7. The second kappa shape index (κ2) is 7.94. The van der Waals surface area contributed by atoms with Crippen molar-refractivity contribution >= 4 is 11.9 Å². The van der Waals surface area contributed by atoms with Crippen LogP contribution in [0.3, 0.4) is 0 Å². The molecule has 0 spiro atoms. The summed E-state index contributed by atoms with van der Waals surface area (Å²) in [5, 5.41) is 9.41. The van der Waals surface area contributed by atoms with Gasteiger partial charge >= 0.3 is 11.9 Å². The number of furan rings is 1. The Morgan fingerprint density at radius 3 is 2.36 bits per heavy atom. The SMILES string of the molecule is CCOC(=O)c1cc(-c2oc(C)c(C(=O)OCC)c2C)cc(CO)n1. The zero-order valence-electron chi connectivity index (χ0n) is 14.7. The number of rotatable bonds is 6. The highest BCUT2D eigenvalue weighted by atomic mass is 16.5. The summed E-state index contributed by atoms with van der Waals surface area (Å²) in [5.74, 6) is -0.214. The third kappa shape index (κ3) is 3.88. The lowest BCUT2D eigenvalue weighted by molar-refractivity contribution is 0.0511. The first-order chi connectivity index (χ1) is 11.9. The van der Waals surface area contributed by atoms with Gasteiger partial charge in [-0.2, -0.15) is 0 Å². The van der Waals surface area contributed by atoms with E-state index in [-0.39, 0.29) is 25.5 Å². The van der Waals surface area contributed by atoms with E-state index in [0.717, 1.165) is 0 Å². The molecule has 25 heavy (non-hydrogen) atoms. The van der Waals surface area contributed by atoms with Gasteiger partial charge in [-0.1, -0.05) is 0 Å². The average Bonchev–Trinajstić information content (AvgIpc) is 2.89. The number of ether oxygens (including phenoxy) is 2. The van der Waals surface area contributed by atoms with Crippen LogP contribution in [0.25, 0.3) is 11.3 Å². The molecular weight excluding hydrogens is 326 g/mol. The van der Waals surface area contributed by atoms with E-state index in [9.17, 15) is 14.7 Å². The number of carbonyl (C=O) groups excluding carboxylic acids is 2. The minimum atomic E-state index is -0.592. The van der Waals surface area contributed by atoms with Gasteiger partial charge in [-0.25, -0.2) is 14.6 Å². The van der Waals surface area contributed by atoms with Gasteiger partial charge in [0.2, 0.25) is 0 Å². The molecule has 0 aliphatic heterocycles. The highest BCUT2D eigenvalue weighted by Gasteiger charge is 2.23. The van der Waals surface area contributed by atoms with Crippen LogP contribution in [-0.4, -0.2) is 35.2 Å². The highest BCUT2D eigenvalue weighted by molar-refractivity contribution is 5.94. The van der Waals surface area contributed by atoms with Gasteiger partial charge in [0.15, 0.2) is 0 Å². The van der Waals surface area contributed by atoms with Gasteiger partial charge in [-0.3, -0.25) is 0 Å². The number of pyridine rings is 1. The zero-order valence-corrected chi connectivity index (χ0v) is 14.7. The van der Waals surface area contributed by atoms with E-state index in [2.05, 4.69) is 4.98 Å². The Balaban J connectivity index is 2.55. The molecule has 0 aliphatic carbocycles. The lowest BCUT2D eigenvalue weighted by Gasteiger charge is -2.07. The van der Waals surface area contributed by atoms with Crippen molar-refractivity contribution < 1.29 is 28.6 Å². The second-order valence-corrected chi connectivity index (χ2v) is 5.32. The Hall–Kier alpha value is -2.67. The first-order valence-corrected chi connectivity index (χ1v) is 7.99. The van der Waals surface area contributed by atoms with Gasteiger partial charge in [-0.05, 0) is 39.8 Å². The van der Waals surface area contributed by atoms with Crippen molar-refractivity contribution in [2.75, 3.05) is 13.2 Å². The normalized spacial score (nSPS) is 10.6. The number of aliphatic hydroxyl groups excluding tert-OH is 1. The van der Waals surface area contributed by atoms with E-state index in [1.165, 1.54) is 6.07 Å². The monoisotopic (exact) mass is 347 g/mol. The molecule has 0 aromatic carbocycles. The summed E-state index contributed by atoms with van der Waals surface area (Å²) in [7, 11) is 0. The van der Waals surface area contributed by atoms with E-state index in [1.54, 1.807) is 33.8 Å². The predicted octanol–water partition coefficient (Wildman–Crippen LogP) is 2.80. The molecule has 2 heterocycles. The Labute approximate surface area is 145 Å². The molecule has 0 atom stereocenters. The van der Waals surface area contributed by atoms with Gasteiger partial charge in [0.25, 0.3) is 0 Å². The largest absolute Gasteiger partial charge is 0.462 e. The molecule has 0 fully saturated rings. The van der Waals surface area contributed by atoms with Gasteiger partial charge in [0.1, 0.15) is 22.8 Å². The summed E-state index contributed by atoms with van der Waals surface area (Å²) in [6.45, 7) is 6.96. The molecule has 2 aromatic rings. The van der Waals surface area contributed by atoms with Crippen molar-refractivity contribution in [3.05, 3.63) is 40.4 Å². The third-order valence-corrected chi connectivity index (χ3v) is 3.59. The average molecular weight is 347 g/mol. The molecule has 2 rings (SSSR count). The Bertz CT molecular complexity index is 793. The van der Waals surface area contributed by atoms with Gasteiger partial charge < -0.3 is 19.0 Å². The Morgan fingerprint density at radius 1 is 1.12 bits per heavy atom. The molecule has 2 aromatic heterocycles. The summed E-state index contributed by atoms with van der Waals surface area (Å²) in [6.07, 6.45) is 0. The number of aliphatic hydroxyl groups is 1. The molecule has 134 valence electrons. The van der Waals surface area contributed by atoms with Crippen LogP contribution in [0.1, 0.15) is 51.7 Å². The smallest absolute Gasteiger partial charge is 0.356 e. The fourth-order valence-electron chi connectivity index (χ4n) is 2.54. The number of hydrogen-bond donors (Lipinski definition) is 1. The van der Waals surface area contributed by atoms with Crippen molar-refractivity contribution in [2.24, 2.45) is 0 Å². The predicted molar refractivity (Wildman–Crippen MR) is 89.2 cm³/mol. The molecule has 0 radical (unpaired) electrons. The maximum atomic E-state index is 12.1. The quantitative estimate of drug-likeness (QED) is 0.802. The Morgan fingerprint density at radius 2 is 1.76 bits per heavy atom. The number of aryl methyl sites for hydroxylation is 1. The lowest BCUT2D eigenvalue weighted by atomic mass is 10.0. The standard InChI is InChI=1S/C18H21NO6/c1-5-23-17(21)14-8-12(7-13(9-20)19-14)16-10(3)15(11(4)25-16)18(22)24-6-2/h7-8,20H,5-6,9H2,1-4H3. The van der Waals surface area contributed by atoms with E-state index in [0.29, 0.717) is 33.9 Å². The maximum Gasteiger partial charge on any atom is 0.356 e. The first kappa shape index (κ1) is 18.7. The number of aromatic nitrogens is 1. The number of nitrogens with zero attached hydrogens (tertiary/aromatic N) is 1. The summed E-state index contributed by atoms with van der Waals surface area (Å²) >= 11 is 0. The molecular formula is C18H21NO6. The minimum absolute atomic E-state index is 0.0644. The summed E-state index contributed by atoms with van der Waals surface area (Å²) < 4.78 is 15.7. The summed E-state index contributed by atoms with van der Waals surface area (Å²) in [6, 6.07) is 3.11. The van der Waals surface area contributed by atoms with Gasteiger partial charge in [0.05, 0.1) is 25.5 Å². The van der Waals surface area contributed by atoms with E-state index < -0.39 is 11.9 Å². The van der Waals surface area contributed by atoms with E-state index in [1.807, 2.05) is 0 Å². The van der Waals surface area contributed by atoms with Crippen LogP contribution in [0.2, 0.25) is 0 Å². The van der Waals surface area contributed by atoms with Crippen molar-refractivity contribution in [3.63, 3.8) is 0 Å². The maximum absolute atomic E-state index is 12.1. The molecule has 1 N–H and O–H groups in total. The van der Waals surface area contributed by atoms with Crippen molar-refractivity contribution in [2.45, 2.75) is 34.3 Å². The van der Waals surface area contributed by atoms with Crippen molar-refractivity contribution in [3.8, 4) is 11.3 Å². The van der Waals surface area contributed by atoms with Gasteiger partial charge in [-0.15, -0.1) is 0 Å². The van der Waals surface area contributed by atoms with Crippen LogP contribution in [0, 0.1) is 13.8 Å². The van der Waals surface area contributed by atoms with Crippen LogP contribution in [-0.2, 0) is 16.1 Å². The van der Waals surface area contributed by atoms with E-state index >= 15 is 0 Å². The molecule has 0 aliphatic rings. The molecule has 0 bridgehead atoms. The van der Waals surface area contributed by atoms with Crippen LogP contribution in [0.5, 0.6) is 0 Å². The molecule has 0 unspecified atom stereocenters. The Kier molecular flexibility index (Phi) is 5.93. The van der Waals surface area contributed by atoms with Crippen LogP contribution >= 0.6 is 0 Å². The number of esters is 2. The fourth-order valence-corrected chi connectivity index (χ4v) is 2.54.